The molecule has 2 heterocycles. The number of nitrogens with one attached hydrogen (secondary N) is 1. The van der Waals surface area contributed by atoms with Gasteiger partial charge < -0.3 is 30.4 Å². The Hall–Kier alpha value is -2.67. The van der Waals surface area contributed by atoms with Gasteiger partial charge in [0.25, 0.3) is 0 Å². The highest BCUT2D eigenvalue weighted by Crippen LogP contribution is 2.32. The molecular weight excluding hydrogens is 498 g/mol. The number of alkyl carbamates (subject to hydrolysis) is 1. The van der Waals surface area contributed by atoms with Gasteiger partial charge in [-0.05, 0) is 51.5 Å². The number of ether oxygens (including phenoxy) is 3. The fourth-order valence-corrected chi connectivity index (χ4v) is 4.48. The molecule has 0 aromatic heterocycles. The van der Waals surface area contributed by atoms with Crippen LogP contribution in [0.15, 0.2) is 40.5 Å². The maximum absolute atomic E-state index is 12.1. The van der Waals surface area contributed by atoms with E-state index in [4.69, 9.17) is 19.9 Å². The number of carbonyl (C=O) groups excluding carboxylic acids is 1. The predicted octanol–water partition coefficient (Wildman–Crippen LogP) is 2.80. The van der Waals surface area contributed by atoms with Crippen LogP contribution in [-0.4, -0.2) is 82.9 Å². The van der Waals surface area contributed by atoms with Crippen LogP contribution in [0.3, 0.4) is 0 Å². The molecule has 12 heteroatoms. The zero-order valence-electron chi connectivity index (χ0n) is 21.6. The van der Waals surface area contributed by atoms with Gasteiger partial charge >= 0.3 is 12.1 Å². The summed E-state index contributed by atoms with van der Waals surface area (Å²) in [6.45, 7) is 5.85. The maximum Gasteiger partial charge on any atom is 0.408 e. The first-order valence-corrected chi connectivity index (χ1v) is 13.6. The van der Waals surface area contributed by atoms with Crippen molar-refractivity contribution < 1.29 is 28.9 Å². The first kappa shape index (κ1) is 28.9. The van der Waals surface area contributed by atoms with Crippen LogP contribution < -0.4 is 11.1 Å². The SMILES string of the molecule is CSC(N)=N/N=C1/C[C@@H]2OC(C)(C)O[C@@H]2CN(CCCCC(NC(=O)OCc2ccccc2)C(=O)O)C1. The fourth-order valence-electron chi connectivity index (χ4n) is 4.36. The van der Waals surface area contributed by atoms with Crippen LogP contribution in [0.5, 0.6) is 0 Å². The minimum absolute atomic E-state index is 0.0786. The van der Waals surface area contributed by atoms with E-state index in [2.05, 4.69) is 20.4 Å². The Labute approximate surface area is 221 Å². The summed E-state index contributed by atoms with van der Waals surface area (Å²) in [6, 6.07) is 8.19. The molecular formula is C25H37N5O6S. The quantitative estimate of drug-likeness (QED) is 0.178. The zero-order valence-corrected chi connectivity index (χ0v) is 22.4. The van der Waals surface area contributed by atoms with E-state index in [1.807, 2.05) is 50.4 Å². The number of benzene rings is 1. The summed E-state index contributed by atoms with van der Waals surface area (Å²) in [4.78, 5) is 26.0. The summed E-state index contributed by atoms with van der Waals surface area (Å²) in [6.07, 6.45) is 3.10. The van der Waals surface area contributed by atoms with Gasteiger partial charge in [0.1, 0.15) is 18.8 Å². The molecule has 1 unspecified atom stereocenters. The van der Waals surface area contributed by atoms with Crippen LogP contribution in [0.1, 0.15) is 45.1 Å². The van der Waals surface area contributed by atoms with E-state index in [0.717, 1.165) is 17.7 Å². The number of hydrogen-bond acceptors (Lipinski definition) is 9. The largest absolute Gasteiger partial charge is 0.480 e. The number of thioether (sulfide) groups is 1. The Morgan fingerprint density at radius 2 is 2.00 bits per heavy atom. The molecule has 1 aromatic carbocycles. The summed E-state index contributed by atoms with van der Waals surface area (Å²) in [5.41, 5.74) is 7.48. The second-order valence-corrected chi connectivity index (χ2v) is 10.4. The molecule has 0 bridgehead atoms. The van der Waals surface area contributed by atoms with E-state index in [0.29, 0.717) is 37.6 Å². The molecule has 0 saturated carbocycles. The average molecular weight is 536 g/mol. The number of hydrogen-bond donors (Lipinski definition) is 3. The molecule has 1 amide bonds. The number of carbonyl (C=O) groups is 2. The minimum atomic E-state index is -1.09. The Morgan fingerprint density at radius 1 is 1.27 bits per heavy atom. The predicted molar refractivity (Wildman–Crippen MR) is 142 cm³/mol. The number of likely N-dealkylation sites (tertiary alicyclic amines) is 1. The van der Waals surface area contributed by atoms with Crippen LogP contribution in [0.4, 0.5) is 4.79 Å². The van der Waals surface area contributed by atoms with Gasteiger partial charge in [0.05, 0.1) is 11.8 Å². The number of amides is 1. The lowest BCUT2D eigenvalue weighted by Crippen LogP contribution is -2.41. The summed E-state index contributed by atoms with van der Waals surface area (Å²) < 4.78 is 17.4. The van der Waals surface area contributed by atoms with E-state index >= 15 is 0 Å². The summed E-state index contributed by atoms with van der Waals surface area (Å²) in [7, 11) is 0. The molecule has 3 atom stereocenters. The Morgan fingerprint density at radius 3 is 2.70 bits per heavy atom. The van der Waals surface area contributed by atoms with Crippen molar-refractivity contribution in [2.24, 2.45) is 15.9 Å². The molecule has 2 aliphatic heterocycles. The number of aliphatic carboxylic acids is 1. The second kappa shape index (κ2) is 13.8. The Kier molecular flexibility index (Phi) is 10.7. The van der Waals surface area contributed by atoms with Crippen LogP contribution in [0.25, 0.3) is 0 Å². The van der Waals surface area contributed by atoms with Crippen LogP contribution in [0, 0.1) is 0 Å². The van der Waals surface area contributed by atoms with E-state index < -0.39 is 23.9 Å². The molecule has 204 valence electrons. The lowest BCUT2D eigenvalue weighted by atomic mass is 10.1. The zero-order chi connectivity index (χ0) is 26.8. The molecule has 0 spiro atoms. The number of rotatable bonds is 10. The molecule has 0 radical (unpaired) electrons. The van der Waals surface area contributed by atoms with Crippen molar-refractivity contribution in [3.63, 3.8) is 0 Å². The molecule has 2 fully saturated rings. The lowest BCUT2D eigenvalue weighted by Gasteiger charge is -2.24. The number of carboxylic acids is 1. The number of fused-ring (bicyclic) bond motifs is 1. The van der Waals surface area contributed by atoms with Crippen molar-refractivity contribution in [3.8, 4) is 0 Å². The molecule has 3 rings (SSSR count). The third kappa shape index (κ3) is 9.62. The van der Waals surface area contributed by atoms with Gasteiger partial charge in [-0.1, -0.05) is 42.1 Å². The Balaban J connectivity index is 1.50. The number of carboxylic acid groups (broad SMARTS) is 1. The minimum Gasteiger partial charge on any atom is -0.480 e. The van der Waals surface area contributed by atoms with Gasteiger partial charge in [0.2, 0.25) is 0 Å². The fraction of sp³-hybridized carbons (Fsp3) is 0.600. The third-order valence-corrected chi connectivity index (χ3v) is 6.59. The molecule has 0 aliphatic carbocycles. The molecule has 4 N–H and O–H groups in total. The smallest absolute Gasteiger partial charge is 0.408 e. The van der Waals surface area contributed by atoms with Crippen molar-refractivity contribution in [3.05, 3.63) is 35.9 Å². The Bertz CT molecular complexity index is 974. The van der Waals surface area contributed by atoms with Gasteiger partial charge in [-0.2, -0.15) is 5.10 Å². The molecule has 1 aromatic rings. The summed E-state index contributed by atoms with van der Waals surface area (Å²) in [5.74, 6) is -1.76. The van der Waals surface area contributed by atoms with Crippen LogP contribution >= 0.6 is 11.8 Å². The van der Waals surface area contributed by atoms with Crippen LogP contribution in [-0.2, 0) is 25.6 Å². The maximum atomic E-state index is 12.1. The van der Waals surface area contributed by atoms with E-state index in [1.54, 1.807) is 0 Å². The van der Waals surface area contributed by atoms with Gasteiger partial charge in [-0.15, -0.1) is 5.10 Å². The summed E-state index contributed by atoms with van der Waals surface area (Å²) in [5, 5.41) is 20.9. The number of nitrogens with zero attached hydrogens (tertiary/aromatic N) is 3. The van der Waals surface area contributed by atoms with Crippen molar-refractivity contribution in [1.82, 2.24) is 10.2 Å². The van der Waals surface area contributed by atoms with Gasteiger partial charge in [0, 0.05) is 19.5 Å². The van der Waals surface area contributed by atoms with Crippen molar-refractivity contribution in [2.75, 3.05) is 25.9 Å². The van der Waals surface area contributed by atoms with Crippen molar-refractivity contribution >= 4 is 34.7 Å². The summed E-state index contributed by atoms with van der Waals surface area (Å²) >= 11 is 1.33. The first-order valence-electron chi connectivity index (χ1n) is 12.4. The standard InChI is InChI=1S/C25H37N5O6S/c1-25(2)35-20-13-18(28-29-23(26)37-3)14-30(15-21(20)36-25)12-8-7-11-19(22(31)32)27-24(33)34-16-17-9-5-4-6-10-17/h4-6,9-10,19-21H,7-8,11-16H2,1-3H3,(H2,26,29)(H,27,33)(H,31,32)/b28-18-/t19?,20-,21+/m0/s1. The van der Waals surface area contributed by atoms with Crippen LogP contribution in [0.2, 0.25) is 0 Å². The highest BCUT2D eigenvalue weighted by Gasteiger charge is 2.44. The van der Waals surface area contributed by atoms with Gasteiger partial charge in [-0.25, -0.2) is 9.59 Å². The highest BCUT2D eigenvalue weighted by molar-refractivity contribution is 8.13. The van der Waals surface area contributed by atoms with E-state index in [-0.39, 0.29) is 25.2 Å². The number of unbranched alkanes of at least 4 members (excludes halogenated alkanes) is 1. The number of amidine groups is 1. The molecule has 11 nitrogen and oxygen atoms in total. The molecule has 2 saturated heterocycles. The topological polar surface area (TPSA) is 148 Å². The van der Waals surface area contributed by atoms with E-state index in [1.165, 1.54) is 11.8 Å². The lowest BCUT2D eigenvalue weighted by molar-refractivity contribution is -0.147. The average Bonchev–Trinajstić information content (AvgIpc) is 3.05. The third-order valence-electron chi connectivity index (χ3n) is 6.09. The van der Waals surface area contributed by atoms with Gasteiger partial charge in [0.15, 0.2) is 11.0 Å². The molecule has 2 aliphatic rings. The number of nitrogens with two attached hydrogens (primary N) is 1. The molecule has 37 heavy (non-hydrogen) atoms. The second-order valence-electron chi connectivity index (χ2n) is 9.55. The van der Waals surface area contributed by atoms with E-state index in [9.17, 15) is 14.7 Å². The highest BCUT2D eigenvalue weighted by atomic mass is 32.2. The van der Waals surface area contributed by atoms with Crippen molar-refractivity contribution in [1.29, 1.82) is 0 Å². The monoisotopic (exact) mass is 535 g/mol. The van der Waals surface area contributed by atoms with Crippen molar-refractivity contribution in [2.45, 2.75) is 70.2 Å². The first-order chi connectivity index (χ1) is 17.6. The normalized spacial score (nSPS) is 23.8. The van der Waals surface area contributed by atoms with Gasteiger partial charge in [-0.3, -0.25) is 4.90 Å².